The molecule has 0 radical (unpaired) electrons. The van der Waals surface area contributed by atoms with Gasteiger partial charge in [0.15, 0.2) is 21.7 Å². The highest BCUT2D eigenvalue weighted by Gasteiger charge is 2.25. The van der Waals surface area contributed by atoms with Crippen molar-refractivity contribution < 1.29 is 0 Å². The van der Waals surface area contributed by atoms with Gasteiger partial charge < -0.3 is 8.80 Å². The van der Waals surface area contributed by atoms with Gasteiger partial charge in [-0.2, -0.15) is 0 Å². The third kappa shape index (κ3) is 6.36. The Morgan fingerprint density at radius 1 is 0.328 bits per heavy atom. The van der Waals surface area contributed by atoms with E-state index in [9.17, 15) is 9.59 Å². The van der Waals surface area contributed by atoms with Gasteiger partial charge in [-0.3, -0.25) is 19.2 Å². The molecule has 0 aliphatic carbocycles. The maximum Gasteiger partial charge on any atom is 0.197 e. The molecule has 0 aliphatic heterocycles. The molecule has 11 rings (SSSR count). The molecule has 0 spiro atoms. The van der Waals surface area contributed by atoms with Gasteiger partial charge in [-0.1, -0.05) is 137 Å². The smallest absolute Gasteiger partial charge is 0.197 e. The lowest BCUT2D eigenvalue weighted by Gasteiger charge is -2.22. The van der Waals surface area contributed by atoms with Gasteiger partial charge in [-0.15, -0.1) is 0 Å². The predicted octanol–water partition coefficient (Wildman–Crippen LogP) is 13.8. The minimum atomic E-state index is -0.260. The van der Waals surface area contributed by atoms with Crippen LogP contribution in [0.4, 0.5) is 0 Å². The van der Waals surface area contributed by atoms with Crippen LogP contribution in [0.3, 0.4) is 0 Å². The first-order chi connectivity index (χ1) is 31.6. The van der Waals surface area contributed by atoms with E-state index in [1.165, 1.54) is 11.1 Å². The molecule has 6 heteroatoms. The van der Waals surface area contributed by atoms with Gasteiger partial charge in [0.2, 0.25) is 0 Å². The molecule has 0 saturated carbocycles. The second kappa shape index (κ2) is 14.2. The first kappa shape index (κ1) is 42.5. The minimum Gasteiger partial charge on any atom is -0.307 e. The van der Waals surface area contributed by atoms with Crippen molar-refractivity contribution in [3.63, 3.8) is 0 Å². The van der Waals surface area contributed by atoms with Crippen molar-refractivity contribution in [1.29, 1.82) is 0 Å². The Bertz CT molecular complexity index is 4170. The second-order valence-corrected chi connectivity index (χ2v) is 22.3. The zero-order valence-electron chi connectivity index (χ0n) is 40.2. The SMILES string of the molecule is CC(C)c1ccc2c(c1)c(=O)c1cc(-c3ccc(C(C)(C)C)cc3)cc3c(=O)c4cc5c(=O)c6cc(-c7ccc(C(C)(C)C)cc7)cc7c(=O)c8cc(C(C)(C)C)ccc8n(c5cc4n2c13)c76. The maximum atomic E-state index is 15.3. The molecule has 11 aromatic rings. The molecular formula is C61H54N2O4. The summed E-state index contributed by atoms with van der Waals surface area (Å²) in [5, 5.41) is 3.55. The molecule has 0 bridgehead atoms. The highest BCUT2D eigenvalue weighted by molar-refractivity contribution is 6.14. The largest absolute Gasteiger partial charge is 0.307 e. The van der Waals surface area contributed by atoms with E-state index in [0.717, 1.165) is 33.4 Å². The van der Waals surface area contributed by atoms with E-state index >= 15 is 9.59 Å². The van der Waals surface area contributed by atoms with E-state index in [1.807, 2.05) is 54.6 Å². The van der Waals surface area contributed by atoms with Gasteiger partial charge in [0.05, 0.1) is 33.1 Å². The molecule has 332 valence electrons. The topological polar surface area (TPSA) is 77.1 Å². The fraction of sp³-hybridized carbons (Fsp3) is 0.246. The zero-order chi connectivity index (χ0) is 47.4. The summed E-state index contributed by atoms with van der Waals surface area (Å²) in [5.41, 5.74) is 10.2. The lowest BCUT2D eigenvalue weighted by Crippen LogP contribution is -2.18. The maximum absolute atomic E-state index is 15.3. The summed E-state index contributed by atoms with van der Waals surface area (Å²) in [6, 6.07) is 40.2. The number of aromatic nitrogens is 2. The van der Waals surface area contributed by atoms with Crippen LogP contribution >= 0.6 is 0 Å². The molecule has 67 heavy (non-hydrogen) atoms. The van der Waals surface area contributed by atoms with Crippen molar-refractivity contribution in [3.8, 4) is 22.3 Å². The molecule has 0 N–H and O–H groups in total. The molecule has 0 atom stereocenters. The van der Waals surface area contributed by atoms with E-state index in [1.54, 1.807) is 6.07 Å². The van der Waals surface area contributed by atoms with Gasteiger partial charge in [0, 0.05) is 43.1 Å². The zero-order valence-corrected chi connectivity index (χ0v) is 40.2. The van der Waals surface area contributed by atoms with Crippen molar-refractivity contribution in [2.24, 2.45) is 0 Å². The Morgan fingerprint density at radius 2 is 0.672 bits per heavy atom. The Hall–Kier alpha value is -7.18. The summed E-state index contributed by atoms with van der Waals surface area (Å²) in [6.07, 6.45) is 0. The van der Waals surface area contributed by atoms with Crippen molar-refractivity contribution in [1.82, 2.24) is 8.80 Å². The number of rotatable bonds is 3. The summed E-state index contributed by atoms with van der Waals surface area (Å²) in [5.74, 6) is 0.175. The highest BCUT2D eigenvalue weighted by Crippen LogP contribution is 2.38. The predicted molar refractivity (Wildman–Crippen MR) is 282 cm³/mol. The van der Waals surface area contributed by atoms with Crippen molar-refractivity contribution in [2.45, 2.75) is 98.3 Å². The van der Waals surface area contributed by atoms with E-state index in [-0.39, 0.29) is 43.9 Å². The van der Waals surface area contributed by atoms with E-state index in [0.29, 0.717) is 76.2 Å². The Balaban J connectivity index is 1.33. The third-order valence-corrected chi connectivity index (χ3v) is 14.4. The van der Waals surface area contributed by atoms with Crippen LogP contribution in [0.1, 0.15) is 104 Å². The van der Waals surface area contributed by atoms with Crippen molar-refractivity contribution in [2.75, 3.05) is 0 Å². The second-order valence-electron chi connectivity index (χ2n) is 22.3. The van der Waals surface area contributed by atoms with Crippen LogP contribution in [0.5, 0.6) is 0 Å². The first-order valence-corrected chi connectivity index (χ1v) is 23.4. The molecule has 0 amide bonds. The Morgan fingerprint density at radius 3 is 1.04 bits per heavy atom. The normalized spacial score (nSPS) is 13.1. The van der Waals surface area contributed by atoms with Crippen LogP contribution in [-0.4, -0.2) is 8.80 Å². The number of nitrogens with zero attached hydrogens (tertiary/aromatic N) is 2. The average Bonchev–Trinajstić information content (AvgIpc) is 3.29. The van der Waals surface area contributed by atoms with Crippen LogP contribution in [-0.2, 0) is 16.2 Å². The monoisotopic (exact) mass is 878 g/mol. The van der Waals surface area contributed by atoms with E-state index in [2.05, 4.69) is 146 Å². The molecule has 7 aromatic carbocycles. The van der Waals surface area contributed by atoms with Gasteiger partial charge >= 0.3 is 0 Å². The lowest BCUT2D eigenvalue weighted by molar-refractivity contribution is 0.590. The fourth-order valence-corrected chi connectivity index (χ4v) is 10.4. The molecule has 0 saturated heterocycles. The summed E-state index contributed by atoms with van der Waals surface area (Å²) >= 11 is 0. The van der Waals surface area contributed by atoms with Gasteiger partial charge in [0.1, 0.15) is 0 Å². The molecule has 0 aliphatic rings. The summed E-state index contributed by atoms with van der Waals surface area (Å²) in [6.45, 7) is 23.7. The number of pyridine rings is 4. The molecule has 0 unspecified atom stereocenters. The molecule has 0 fully saturated rings. The Labute approximate surface area is 388 Å². The van der Waals surface area contributed by atoms with E-state index < -0.39 is 0 Å². The van der Waals surface area contributed by atoms with Crippen LogP contribution in [0, 0.1) is 0 Å². The van der Waals surface area contributed by atoms with E-state index in [4.69, 9.17) is 0 Å². The molecular weight excluding hydrogens is 825 g/mol. The van der Waals surface area contributed by atoms with Crippen LogP contribution in [0.2, 0.25) is 0 Å². The summed E-state index contributed by atoms with van der Waals surface area (Å²) in [7, 11) is 0. The van der Waals surface area contributed by atoms with Crippen molar-refractivity contribution >= 4 is 76.2 Å². The quantitative estimate of drug-likeness (QED) is 0.131. The minimum absolute atomic E-state index is 0.0482. The van der Waals surface area contributed by atoms with Gasteiger partial charge in [-0.05, 0) is 127 Å². The van der Waals surface area contributed by atoms with Crippen LogP contribution < -0.4 is 21.7 Å². The highest BCUT2D eigenvalue weighted by atomic mass is 16.1. The van der Waals surface area contributed by atoms with Gasteiger partial charge in [-0.25, -0.2) is 0 Å². The third-order valence-electron chi connectivity index (χ3n) is 14.4. The molecule has 4 heterocycles. The number of fused-ring (bicyclic) bond motifs is 8. The van der Waals surface area contributed by atoms with Crippen LogP contribution in [0.15, 0.2) is 141 Å². The summed E-state index contributed by atoms with van der Waals surface area (Å²) in [4.78, 5) is 60.6. The number of benzene rings is 7. The first-order valence-electron chi connectivity index (χ1n) is 23.4. The molecule has 4 aromatic heterocycles. The fourth-order valence-electron chi connectivity index (χ4n) is 10.4. The van der Waals surface area contributed by atoms with Gasteiger partial charge in [0.25, 0.3) is 0 Å². The number of hydrogen-bond donors (Lipinski definition) is 0. The Kier molecular flexibility index (Phi) is 8.98. The standard InChI is InChI=1S/C61H54N2O4/c1-32(2)35-16-22-49-41(24-35)55(64)45-25-36(33-12-17-38(18-13-33)59(3,4)5)27-47-53(45)62(49)51-31-52-44(30-43(51)57(47)66)58(67)48-28-37(34-14-19-39(20-15-34)60(6,7)8)26-46-54(48)63(52)50-23-21-40(61(9,10)11)29-42(50)56(46)65/h12-32H,1-11H3. The number of hydrogen-bond acceptors (Lipinski definition) is 4. The molecule has 6 nitrogen and oxygen atoms in total. The lowest BCUT2D eigenvalue weighted by atomic mass is 9.85. The average molecular weight is 879 g/mol. The van der Waals surface area contributed by atoms with Crippen LogP contribution in [0.25, 0.3) is 98.4 Å². The van der Waals surface area contributed by atoms with Crippen molar-refractivity contribution in [3.05, 3.63) is 184 Å². The summed E-state index contributed by atoms with van der Waals surface area (Å²) < 4.78 is 4.11.